The van der Waals surface area contributed by atoms with Crippen molar-refractivity contribution < 1.29 is 19.5 Å². The van der Waals surface area contributed by atoms with Crippen molar-refractivity contribution in [1.82, 2.24) is 20.6 Å². The molecule has 0 radical (unpaired) electrons. The average Bonchev–Trinajstić information content (AvgIpc) is 3.27. The van der Waals surface area contributed by atoms with Crippen LogP contribution in [-0.2, 0) is 11.2 Å². The third kappa shape index (κ3) is 5.49. The molecule has 2 heterocycles. The van der Waals surface area contributed by atoms with Crippen molar-refractivity contribution in [2.45, 2.75) is 44.7 Å². The zero-order valence-corrected chi connectivity index (χ0v) is 21.8. The standard InChI is InChI=1S/C26H29N7O4S/c1-14-21(23(35)33-26(24(36)37)12-20(26)32-22(34)19-9-5-11-38-19)15(2)31-25(30-14)29-10-4-7-16-6-3-8-18(28)17(16)13-27/h3,5-6,8-9,11,13,20,27H,4,7,10,12,28H2,1-2H3,(H,32,34)(H,33,35)(H,36,37)(H,29,30,31). The van der Waals surface area contributed by atoms with E-state index in [-0.39, 0.29) is 17.9 Å². The lowest BCUT2D eigenvalue weighted by Crippen LogP contribution is -2.49. The molecule has 38 heavy (non-hydrogen) atoms. The minimum absolute atomic E-state index is 0.0799. The fourth-order valence-corrected chi connectivity index (χ4v) is 5.02. The van der Waals surface area contributed by atoms with Gasteiger partial charge in [-0.3, -0.25) is 9.59 Å². The molecule has 11 nitrogen and oxygen atoms in total. The van der Waals surface area contributed by atoms with Gasteiger partial charge in [0, 0.05) is 30.4 Å². The van der Waals surface area contributed by atoms with Gasteiger partial charge < -0.3 is 32.2 Å². The Bertz CT molecular complexity index is 1370. The van der Waals surface area contributed by atoms with Crippen molar-refractivity contribution in [3.05, 3.63) is 68.7 Å². The van der Waals surface area contributed by atoms with E-state index in [0.29, 0.717) is 46.4 Å². The molecule has 198 valence electrons. The van der Waals surface area contributed by atoms with Crippen molar-refractivity contribution in [3.8, 4) is 0 Å². The van der Waals surface area contributed by atoms with E-state index in [4.69, 9.17) is 11.1 Å². The van der Waals surface area contributed by atoms with Gasteiger partial charge in [0.1, 0.15) is 0 Å². The molecular formula is C26H29N7O4S. The number of carboxylic acid groups (broad SMARTS) is 1. The second-order valence-corrected chi connectivity index (χ2v) is 10.1. The molecule has 0 saturated heterocycles. The molecule has 1 aliphatic carbocycles. The molecule has 1 saturated carbocycles. The van der Waals surface area contributed by atoms with Crippen LogP contribution in [0.4, 0.5) is 11.6 Å². The normalized spacial score (nSPS) is 17.9. The number of thiophene rings is 1. The van der Waals surface area contributed by atoms with Gasteiger partial charge in [-0.2, -0.15) is 0 Å². The summed E-state index contributed by atoms with van der Waals surface area (Å²) in [4.78, 5) is 46.7. The van der Waals surface area contributed by atoms with Gasteiger partial charge in [0.05, 0.1) is 27.9 Å². The van der Waals surface area contributed by atoms with Gasteiger partial charge in [-0.05, 0) is 49.8 Å². The first-order valence-electron chi connectivity index (χ1n) is 12.0. The van der Waals surface area contributed by atoms with E-state index in [9.17, 15) is 19.5 Å². The highest BCUT2D eigenvalue weighted by Crippen LogP contribution is 2.37. The van der Waals surface area contributed by atoms with Crippen molar-refractivity contribution in [2.24, 2.45) is 0 Å². The molecule has 2 atom stereocenters. The molecule has 1 aromatic carbocycles. The fraction of sp³-hybridized carbons (Fsp3) is 0.308. The number of carbonyl (C=O) groups is 3. The van der Waals surface area contributed by atoms with Crippen LogP contribution in [0.5, 0.6) is 0 Å². The maximum atomic E-state index is 13.1. The number of hydrogen-bond donors (Lipinski definition) is 6. The Balaban J connectivity index is 1.37. The fourth-order valence-electron chi connectivity index (χ4n) is 4.40. The summed E-state index contributed by atoms with van der Waals surface area (Å²) in [6.07, 6.45) is 2.79. The molecule has 1 aliphatic rings. The Morgan fingerprint density at radius 1 is 1.18 bits per heavy atom. The Hall–Kier alpha value is -4.32. The minimum Gasteiger partial charge on any atom is -0.479 e. The first kappa shape index (κ1) is 26.7. The summed E-state index contributed by atoms with van der Waals surface area (Å²) in [5.41, 5.74) is 7.62. The molecule has 2 unspecified atom stereocenters. The van der Waals surface area contributed by atoms with Crippen LogP contribution in [-0.4, -0.2) is 57.2 Å². The molecule has 0 spiro atoms. The van der Waals surface area contributed by atoms with Gasteiger partial charge in [0.15, 0.2) is 5.54 Å². The van der Waals surface area contributed by atoms with E-state index in [0.717, 1.165) is 12.0 Å². The van der Waals surface area contributed by atoms with Gasteiger partial charge in [-0.1, -0.05) is 18.2 Å². The SMILES string of the molecule is Cc1nc(NCCCc2cccc(N)c2C=N)nc(C)c1C(=O)NC1(C(=O)O)CC1NC(=O)c1cccs1. The van der Waals surface area contributed by atoms with Crippen LogP contribution in [0.1, 0.15) is 55.4 Å². The number of benzene rings is 1. The molecule has 0 aliphatic heterocycles. The first-order chi connectivity index (χ1) is 18.2. The number of nitrogens with two attached hydrogens (primary N) is 1. The summed E-state index contributed by atoms with van der Waals surface area (Å²) in [5.74, 6) is -1.85. The molecule has 7 N–H and O–H groups in total. The van der Waals surface area contributed by atoms with Gasteiger partial charge in [-0.25, -0.2) is 14.8 Å². The van der Waals surface area contributed by atoms with E-state index in [1.165, 1.54) is 17.6 Å². The molecule has 12 heteroatoms. The number of aliphatic carboxylic acids is 1. The van der Waals surface area contributed by atoms with Crippen LogP contribution >= 0.6 is 11.3 Å². The smallest absolute Gasteiger partial charge is 0.331 e. The van der Waals surface area contributed by atoms with Gasteiger partial charge in [0.25, 0.3) is 11.8 Å². The lowest BCUT2D eigenvalue weighted by atomic mass is 10.0. The monoisotopic (exact) mass is 535 g/mol. The lowest BCUT2D eigenvalue weighted by Gasteiger charge is -2.17. The molecule has 4 rings (SSSR count). The Morgan fingerprint density at radius 2 is 1.92 bits per heavy atom. The number of hydrogen-bond acceptors (Lipinski definition) is 9. The van der Waals surface area contributed by atoms with E-state index >= 15 is 0 Å². The second kappa shape index (κ2) is 11.0. The topological polar surface area (TPSA) is 183 Å². The number of nitrogen functional groups attached to an aromatic ring is 1. The summed E-state index contributed by atoms with van der Waals surface area (Å²) in [7, 11) is 0. The van der Waals surface area contributed by atoms with E-state index < -0.39 is 23.5 Å². The predicted octanol–water partition coefficient (Wildman–Crippen LogP) is 2.54. The first-order valence-corrected chi connectivity index (χ1v) is 12.9. The largest absolute Gasteiger partial charge is 0.479 e. The Labute approximate surface area is 223 Å². The molecule has 1 fully saturated rings. The minimum atomic E-state index is -1.59. The van der Waals surface area contributed by atoms with Crippen molar-refractivity contribution in [3.63, 3.8) is 0 Å². The lowest BCUT2D eigenvalue weighted by molar-refractivity contribution is -0.140. The van der Waals surface area contributed by atoms with Crippen LogP contribution < -0.4 is 21.7 Å². The van der Waals surface area contributed by atoms with Crippen LogP contribution in [0.25, 0.3) is 0 Å². The van der Waals surface area contributed by atoms with E-state index in [1.54, 1.807) is 37.4 Å². The average molecular weight is 536 g/mol. The number of carbonyl (C=O) groups excluding carboxylic acids is 2. The molecule has 2 amide bonds. The number of aryl methyl sites for hydroxylation is 3. The summed E-state index contributed by atoms with van der Waals surface area (Å²) >= 11 is 1.25. The highest BCUT2D eigenvalue weighted by Gasteiger charge is 2.63. The molecular weight excluding hydrogens is 506 g/mol. The third-order valence-electron chi connectivity index (χ3n) is 6.51. The molecule has 0 bridgehead atoms. The van der Waals surface area contributed by atoms with E-state index in [1.807, 2.05) is 12.1 Å². The Kier molecular flexibility index (Phi) is 7.72. The van der Waals surface area contributed by atoms with Crippen molar-refractivity contribution in [2.75, 3.05) is 17.6 Å². The maximum Gasteiger partial charge on any atom is 0.331 e. The number of nitrogens with one attached hydrogen (secondary N) is 4. The van der Waals surface area contributed by atoms with Crippen molar-refractivity contribution in [1.29, 1.82) is 5.41 Å². The van der Waals surface area contributed by atoms with Crippen LogP contribution in [0.15, 0.2) is 35.7 Å². The molecule has 3 aromatic rings. The van der Waals surface area contributed by atoms with E-state index in [2.05, 4.69) is 25.9 Å². The van der Waals surface area contributed by atoms with Gasteiger partial charge in [0.2, 0.25) is 5.95 Å². The number of rotatable bonds is 11. The number of nitrogens with zero attached hydrogens (tertiary/aromatic N) is 2. The summed E-state index contributed by atoms with van der Waals surface area (Å²) in [6, 6.07) is 8.22. The zero-order valence-electron chi connectivity index (χ0n) is 21.0. The Morgan fingerprint density at radius 3 is 2.55 bits per heavy atom. The van der Waals surface area contributed by atoms with Crippen LogP contribution in [0, 0.1) is 19.3 Å². The highest BCUT2D eigenvalue weighted by atomic mass is 32.1. The maximum absolute atomic E-state index is 13.1. The van der Waals surface area contributed by atoms with Crippen LogP contribution in [0.3, 0.4) is 0 Å². The zero-order chi connectivity index (χ0) is 27.4. The summed E-state index contributed by atoms with van der Waals surface area (Å²) in [5, 5.41) is 27.6. The number of carboxylic acids is 1. The quantitative estimate of drug-likeness (QED) is 0.123. The van der Waals surface area contributed by atoms with Crippen LogP contribution in [0.2, 0.25) is 0 Å². The second-order valence-electron chi connectivity index (χ2n) is 9.13. The summed E-state index contributed by atoms with van der Waals surface area (Å²) < 4.78 is 0. The predicted molar refractivity (Wildman–Crippen MR) is 145 cm³/mol. The number of aromatic nitrogens is 2. The van der Waals surface area contributed by atoms with Crippen molar-refractivity contribution >= 4 is 47.0 Å². The highest BCUT2D eigenvalue weighted by molar-refractivity contribution is 7.12. The number of anilines is 2. The molecule has 2 aromatic heterocycles. The van der Waals surface area contributed by atoms with Gasteiger partial charge in [-0.15, -0.1) is 11.3 Å². The van der Waals surface area contributed by atoms with Gasteiger partial charge >= 0.3 is 5.97 Å². The third-order valence-corrected chi connectivity index (χ3v) is 7.38. The summed E-state index contributed by atoms with van der Waals surface area (Å²) in [6.45, 7) is 3.88. The number of amides is 2.